The molecule has 0 bridgehead atoms. The van der Waals surface area contributed by atoms with Crippen LogP contribution in [0.5, 0.6) is 0 Å². The summed E-state index contributed by atoms with van der Waals surface area (Å²) in [5.74, 6) is 0.540. The smallest absolute Gasteiger partial charge is 0.0227 e. The fourth-order valence-electron chi connectivity index (χ4n) is 3.05. The number of fused-ring (bicyclic) bond motifs is 3. The Bertz CT molecular complexity index is 538. The predicted octanol–water partition coefficient (Wildman–Crippen LogP) is 3.55. The lowest BCUT2D eigenvalue weighted by Crippen LogP contribution is -2.23. The van der Waals surface area contributed by atoms with E-state index in [1.165, 1.54) is 35.1 Å². The molecular formula is C17H17N. The predicted molar refractivity (Wildman–Crippen MR) is 74.7 cm³/mol. The SMILES string of the molecule is c1ccc2c(c1)-c1ccccc1C2CNC1CC1. The molecule has 1 fully saturated rings. The molecule has 0 aliphatic heterocycles. The number of hydrogen-bond donors (Lipinski definition) is 1. The van der Waals surface area contributed by atoms with E-state index < -0.39 is 0 Å². The Labute approximate surface area is 108 Å². The molecule has 1 nitrogen and oxygen atoms in total. The summed E-state index contributed by atoms with van der Waals surface area (Å²) in [6, 6.07) is 18.5. The van der Waals surface area contributed by atoms with Crippen LogP contribution in [0, 0.1) is 0 Å². The Kier molecular flexibility index (Phi) is 2.27. The van der Waals surface area contributed by atoms with E-state index in [0.717, 1.165) is 12.6 Å². The molecule has 0 aromatic heterocycles. The number of rotatable bonds is 3. The quantitative estimate of drug-likeness (QED) is 0.858. The Morgan fingerprint density at radius 2 is 1.39 bits per heavy atom. The maximum Gasteiger partial charge on any atom is 0.0227 e. The summed E-state index contributed by atoms with van der Waals surface area (Å²) in [5, 5.41) is 3.68. The number of benzene rings is 2. The Morgan fingerprint density at radius 1 is 0.833 bits per heavy atom. The summed E-state index contributed by atoms with van der Waals surface area (Å²) < 4.78 is 0. The van der Waals surface area contributed by atoms with Crippen molar-refractivity contribution in [1.29, 1.82) is 0 Å². The lowest BCUT2D eigenvalue weighted by Gasteiger charge is -2.14. The van der Waals surface area contributed by atoms with Crippen molar-refractivity contribution in [2.45, 2.75) is 24.8 Å². The number of hydrogen-bond acceptors (Lipinski definition) is 1. The fourth-order valence-corrected chi connectivity index (χ4v) is 3.05. The first-order valence-corrected chi connectivity index (χ1v) is 6.85. The van der Waals surface area contributed by atoms with Crippen molar-refractivity contribution in [3.8, 4) is 11.1 Å². The third-order valence-corrected chi connectivity index (χ3v) is 4.15. The van der Waals surface area contributed by atoms with Crippen LogP contribution >= 0.6 is 0 Å². The second-order valence-electron chi connectivity index (χ2n) is 5.41. The van der Waals surface area contributed by atoms with Gasteiger partial charge in [-0.1, -0.05) is 48.5 Å². The van der Waals surface area contributed by atoms with Gasteiger partial charge < -0.3 is 5.32 Å². The highest BCUT2D eigenvalue weighted by Crippen LogP contribution is 2.44. The van der Waals surface area contributed by atoms with Crippen LogP contribution in [0.3, 0.4) is 0 Å². The van der Waals surface area contributed by atoms with Gasteiger partial charge in [-0.3, -0.25) is 0 Å². The van der Waals surface area contributed by atoms with Crippen molar-refractivity contribution >= 4 is 0 Å². The van der Waals surface area contributed by atoms with E-state index in [-0.39, 0.29) is 0 Å². The molecule has 1 saturated carbocycles. The zero-order valence-corrected chi connectivity index (χ0v) is 10.4. The highest BCUT2D eigenvalue weighted by Gasteiger charge is 2.29. The highest BCUT2D eigenvalue weighted by atomic mass is 14.9. The van der Waals surface area contributed by atoms with Crippen molar-refractivity contribution < 1.29 is 0 Å². The van der Waals surface area contributed by atoms with E-state index in [0.29, 0.717) is 5.92 Å². The first kappa shape index (κ1) is 10.3. The van der Waals surface area contributed by atoms with E-state index in [1.54, 1.807) is 0 Å². The van der Waals surface area contributed by atoms with E-state index >= 15 is 0 Å². The second kappa shape index (κ2) is 3.96. The summed E-state index contributed by atoms with van der Waals surface area (Å²) in [6.07, 6.45) is 2.71. The second-order valence-corrected chi connectivity index (χ2v) is 5.41. The largest absolute Gasteiger partial charge is 0.313 e. The van der Waals surface area contributed by atoms with Gasteiger partial charge in [0.1, 0.15) is 0 Å². The van der Waals surface area contributed by atoms with Crippen LogP contribution in [0.1, 0.15) is 29.9 Å². The Morgan fingerprint density at radius 3 is 1.94 bits per heavy atom. The molecular weight excluding hydrogens is 218 g/mol. The minimum Gasteiger partial charge on any atom is -0.313 e. The molecule has 1 N–H and O–H groups in total. The van der Waals surface area contributed by atoms with Gasteiger partial charge in [-0.25, -0.2) is 0 Å². The molecule has 4 rings (SSSR count). The van der Waals surface area contributed by atoms with Crippen molar-refractivity contribution in [2.24, 2.45) is 0 Å². The average molecular weight is 235 g/mol. The normalized spacial score (nSPS) is 17.6. The monoisotopic (exact) mass is 235 g/mol. The molecule has 2 aromatic rings. The van der Waals surface area contributed by atoms with Gasteiger partial charge in [-0.15, -0.1) is 0 Å². The molecule has 0 saturated heterocycles. The topological polar surface area (TPSA) is 12.0 Å². The van der Waals surface area contributed by atoms with Crippen LogP contribution < -0.4 is 5.32 Å². The molecule has 18 heavy (non-hydrogen) atoms. The van der Waals surface area contributed by atoms with Gasteiger partial charge in [0.15, 0.2) is 0 Å². The van der Waals surface area contributed by atoms with Gasteiger partial charge in [0, 0.05) is 18.5 Å². The van der Waals surface area contributed by atoms with Crippen LogP contribution in [0.25, 0.3) is 11.1 Å². The molecule has 0 spiro atoms. The van der Waals surface area contributed by atoms with Crippen molar-refractivity contribution in [3.63, 3.8) is 0 Å². The van der Waals surface area contributed by atoms with Gasteiger partial charge in [-0.05, 0) is 35.1 Å². The van der Waals surface area contributed by atoms with Crippen molar-refractivity contribution in [1.82, 2.24) is 5.32 Å². The molecule has 90 valence electrons. The van der Waals surface area contributed by atoms with Gasteiger partial charge >= 0.3 is 0 Å². The molecule has 0 radical (unpaired) electrons. The molecule has 2 aliphatic rings. The lowest BCUT2D eigenvalue weighted by atomic mass is 9.97. The summed E-state index contributed by atoms with van der Waals surface area (Å²) in [6.45, 7) is 1.08. The maximum atomic E-state index is 3.68. The molecule has 0 amide bonds. The molecule has 2 aromatic carbocycles. The van der Waals surface area contributed by atoms with E-state index in [2.05, 4.69) is 53.8 Å². The summed E-state index contributed by atoms with van der Waals surface area (Å²) in [4.78, 5) is 0. The fraction of sp³-hybridized carbons (Fsp3) is 0.294. The van der Waals surface area contributed by atoms with Crippen LogP contribution in [-0.4, -0.2) is 12.6 Å². The zero-order valence-electron chi connectivity index (χ0n) is 10.4. The van der Waals surface area contributed by atoms with Crippen molar-refractivity contribution in [3.05, 3.63) is 59.7 Å². The van der Waals surface area contributed by atoms with Gasteiger partial charge in [0.2, 0.25) is 0 Å². The van der Waals surface area contributed by atoms with Crippen LogP contribution in [0.2, 0.25) is 0 Å². The average Bonchev–Trinajstić information content (AvgIpc) is 3.20. The van der Waals surface area contributed by atoms with Gasteiger partial charge in [0.25, 0.3) is 0 Å². The molecule has 2 aliphatic carbocycles. The Hall–Kier alpha value is -1.60. The first-order valence-electron chi connectivity index (χ1n) is 6.85. The van der Waals surface area contributed by atoms with E-state index in [4.69, 9.17) is 0 Å². The summed E-state index contributed by atoms with van der Waals surface area (Å²) >= 11 is 0. The molecule has 0 atom stereocenters. The highest BCUT2D eigenvalue weighted by molar-refractivity contribution is 5.78. The van der Waals surface area contributed by atoms with E-state index in [1.807, 2.05) is 0 Å². The zero-order chi connectivity index (χ0) is 11.9. The summed E-state index contributed by atoms with van der Waals surface area (Å²) in [7, 11) is 0. The summed E-state index contributed by atoms with van der Waals surface area (Å²) in [5.41, 5.74) is 5.84. The number of nitrogens with one attached hydrogen (secondary N) is 1. The van der Waals surface area contributed by atoms with Gasteiger partial charge in [0.05, 0.1) is 0 Å². The van der Waals surface area contributed by atoms with Crippen LogP contribution in [-0.2, 0) is 0 Å². The molecule has 0 unspecified atom stereocenters. The van der Waals surface area contributed by atoms with Crippen LogP contribution in [0.15, 0.2) is 48.5 Å². The maximum absolute atomic E-state index is 3.68. The molecule has 0 heterocycles. The van der Waals surface area contributed by atoms with Crippen molar-refractivity contribution in [2.75, 3.05) is 6.54 Å². The third-order valence-electron chi connectivity index (χ3n) is 4.15. The van der Waals surface area contributed by atoms with Crippen LogP contribution in [0.4, 0.5) is 0 Å². The minimum absolute atomic E-state index is 0.540. The molecule has 1 heteroatoms. The standard InChI is InChI=1S/C17H17N/c1-3-7-15-13(5-1)14-6-2-4-8-16(14)17(15)11-18-12-9-10-12/h1-8,12,17-18H,9-11H2. The lowest BCUT2D eigenvalue weighted by molar-refractivity contribution is 0.639. The first-order chi connectivity index (χ1) is 8.93. The Balaban J connectivity index is 1.76. The minimum atomic E-state index is 0.540. The van der Waals surface area contributed by atoms with E-state index in [9.17, 15) is 0 Å². The third kappa shape index (κ3) is 1.58. The van der Waals surface area contributed by atoms with Gasteiger partial charge in [-0.2, -0.15) is 0 Å².